The van der Waals surface area contributed by atoms with Gasteiger partial charge in [0.15, 0.2) is 0 Å². The minimum atomic E-state index is 0. The van der Waals surface area contributed by atoms with Crippen molar-refractivity contribution in [3.63, 3.8) is 0 Å². The summed E-state index contributed by atoms with van der Waals surface area (Å²) in [6, 6.07) is 0. The van der Waals surface area contributed by atoms with E-state index in [1.807, 2.05) is 6.79 Å². The number of rotatable bonds is 0. The molecule has 0 aliphatic heterocycles. The molecule has 0 bridgehead atoms. The molecule has 2 nitrogen and oxygen atoms in total. The van der Waals surface area contributed by atoms with Crippen molar-refractivity contribution in [2.24, 2.45) is 0 Å². The largest absolute Gasteiger partial charge is 2.00 e. The van der Waals surface area contributed by atoms with Crippen LogP contribution in [0.4, 0.5) is 0 Å². The van der Waals surface area contributed by atoms with Gasteiger partial charge in [-0.2, -0.15) is 0 Å². The average molecular weight is 101 g/mol. The van der Waals surface area contributed by atoms with E-state index in [2.05, 4.69) is 0 Å². The molecule has 3 heteroatoms. The monoisotopic (exact) mass is 101 g/mol. The Morgan fingerprint density at radius 2 is 1.25 bits per heavy atom. The Hall–Kier alpha value is 0.149. The van der Waals surface area contributed by atoms with Gasteiger partial charge in [-0.15, -0.1) is 0 Å². The molecule has 0 atom stereocenters. The van der Waals surface area contributed by atoms with E-state index in [9.17, 15) is 0 Å². The first kappa shape index (κ1) is 31.2. The summed E-state index contributed by atoms with van der Waals surface area (Å²) >= 11 is 0. The van der Waals surface area contributed by atoms with Gasteiger partial charge in [-0.05, 0) is 0 Å². The molecule has 0 N–H and O–H groups in total. The fraction of sp³-hybridized carbons (Fsp3) is 0. The Kier molecular flexibility index (Phi) is 5070. The number of carbonyl (C=O) groups excluding carboxylic acids is 1. The topological polar surface area (TPSA) is 45.6 Å². The van der Waals surface area contributed by atoms with Crippen molar-refractivity contribution in [2.75, 3.05) is 0 Å². The second-order valence-corrected chi connectivity index (χ2v) is 0. The molecule has 0 amide bonds. The van der Waals surface area contributed by atoms with Crippen LogP contribution >= 0.6 is 0 Å². The molecule has 0 spiro atoms. The third-order valence-corrected chi connectivity index (χ3v) is 0. The standard InChI is InChI=1S/CH2O.Mn.O/c1-2;;/h1H2;;/q;+2;-2. The van der Waals surface area contributed by atoms with Gasteiger partial charge in [0.2, 0.25) is 0 Å². The van der Waals surface area contributed by atoms with Crippen LogP contribution in [0.5, 0.6) is 0 Å². The fourth-order valence-corrected chi connectivity index (χ4v) is 0. The SMILES string of the molecule is C=O.[Mn+2].[O-2]. The zero-order valence-corrected chi connectivity index (χ0v) is 3.08. The first-order valence-electron chi connectivity index (χ1n) is 0.289. The second kappa shape index (κ2) is 651. The predicted molar refractivity (Wildman–Crippen MR) is 7.81 cm³/mol. The Morgan fingerprint density at radius 1 is 1.25 bits per heavy atom. The normalized spacial score (nSPS) is 1.00. The molecule has 0 fully saturated rings. The molecule has 0 aliphatic rings. The van der Waals surface area contributed by atoms with Crippen LogP contribution in [0, 0.1) is 0 Å². The maximum absolute atomic E-state index is 8.00. The molecule has 0 aromatic heterocycles. The van der Waals surface area contributed by atoms with Gasteiger partial charge in [0.1, 0.15) is 6.79 Å². The van der Waals surface area contributed by atoms with E-state index >= 15 is 0 Å². The summed E-state index contributed by atoms with van der Waals surface area (Å²) in [7, 11) is 0. The zero-order valence-electron chi connectivity index (χ0n) is 1.90. The van der Waals surface area contributed by atoms with Crippen LogP contribution in [-0.4, -0.2) is 6.79 Å². The molecule has 0 saturated carbocycles. The maximum Gasteiger partial charge on any atom is 2.00 e. The molecule has 0 rings (SSSR count). The van der Waals surface area contributed by atoms with E-state index in [0.29, 0.717) is 0 Å². The summed E-state index contributed by atoms with van der Waals surface area (Å²) in [5, 5.41) is 0. The first-order chi connectivity index (χ1) is 1.00. The summed E-state index contributed by atoms with van der Waals surface area (Å²) < 4.78 is 0. The van der Waals surface area contributed by atoms with Crippen molar-refractivity contribution in [3.05, 3.63) is 0 Å². The van der Waals surface area contributed by atoms with E-state index in [1.54, 1.807) is 0 Å². The van der Waals surface area contributed by atoms with Gasteiger partial charge in [-0.1, -0.05) is 0 Å². The summed E-state index contributed by atoms with van der Waals surface area (Å²) in [5.41, 5.74) is 0. The van der Waals surface area contributed by atoms with Crippen LogP contribution < -0.4 is 0 Å². The van der Waals surface area contributed by atoms with E-state index in [0.717, 1.165) is 0 Å². The van der Waals surface area contributed by atoms with E-state index in [1.165, 1.54) is 0 Å². The van der Waals surface area contributed by atoms with Gasteiger partial charge in [0.25, 0.3) is 0 Å². The quantitative estimate of drug-likeness (QED) is 0.386. The second-order valence-electron chi connectivity index (χ2n) is 0. The molecule has 0 aromatic rings. The van der Waals surface area contributed by atoms with Crippen LogP contribution in [-0.2, 0) is 27.3 Å². The molecule has 25 valence electrons. The van der Waals surface area contributed by atoms with Crippen molar-refractivity contribution >= 4 is 6.79 Å². The first-order valence-corrected chi connectivity index (χ1v) is 0.289. The van der Waals surface area contributed by atoms with E-state index in [4.69, 9.17) is 4.79 Å². The van der Waals surface area contributed by atoms with Crippen LogP contribution in [0.3, 0.4) is 0 Å². The van der Waals surface area contributed by atoms with Gasteiger partial charge in [0.05, 0.1) is 0 Å². The molecular formula is CH2MnO2. The van der Waals surface area contributed by atoms with Gasteiger partial charge >= 0.3 is 17.1 Å². The zero-order chi connectivity index (χ0) is 2.00. The van der Waals surface area contributed by atoms with Gasteiger partial charge in [-0.3, -0.25) is 0 Å². The Bertz CT molecular complexity index is 6.00. The summed E-state index contributed by atoms with van der Waals surface area (Å²) in [6.45, 7) is 2.00. The molecule has 0 aromatic carbocycles. The van der Waals surface area contributed by atoms with Gasteiger partial charge < -0.3 is 10.3 Å². The molecule has 0 saturated heterocycles. The number of carbonyl (C=O) groups is 1. The summed E-state index contributed by atoms with van der Waals surface area (Å²) in [5.74, 6) is 0. The molecule has 1 radical (unpaired) electrons. The Labute approximate surface area is 35.0 Å². The maximum atomic E-state index is 8.00. The Balaban J connectivity index is -0.00000000500. The minimum Gasteiger partial charge on any atom is -2.00 e. The van der Waals surface area contributed by atoms with E-state index in [-0.39, 0.29) is 22.5 Å². The van der Waals surface area contributed by atoms with Crippen molar-refractivity contribution in [2.45, 2.75) is 0 Å². The smallest absolute Gasteiger partial charge is 2.00 e. The number of hydrogen-bond acceptors (Lipinski definition) is 1. The van der Waals surface area contributed by atoms with Crippen molar-refractivity contribution in [1.29, 1.82) is 0 Å². The van der Waals surface area contributed by atoms with Crippen molar-refractivity contribution < 1.29 is 27.3 Å². The van der Waals surface area contributed by atoms with Gasteiger partial charge in [0, 0.05) is 0 Å². The van der Waals surface area contributed by atoms with Crippen LogP contribution in [0.1, 0.15) is 0 Å². The fourth-order valence-electron chi connectivity index (χ4n) is 0. The molecule has 0 heterocycles. The van der Waals surface area contributed by atoms with Gasteiger partial charge in [-0.25, -0.2) is 0 Å². The molecule has 4 heavy (non-hydrogen) atoms. The molecular weight excluding hydrogens is 98.9 g/mol. The predicted octanol–water partition coefficient (Wildman–Crippen LogP) is -0.306. The minimum absolute atomic E-state index is 0. The van der Waals surface area contributed by atoms with Crippen LogP contribution in [0.25, 0.3) is 0 Å². The Morgan fingerprint density at radius 3 is 1.25 bits per heavy atom. The van der Waals surface area contributed by atoms with E-state index < -0.39 is 0 Å². The summed E-state index contributed by atoms with van der Waals surface area (Å²) in [6.07, 6.45) is 0. The number of hydrogen-bond donors (Lipinski definition) is 0. The molecule has 0 aliphatic carbocycles. The van der Waals surface area contributed by atoms with Crippen molar-refractivity contribution in [1.82, 2.24) is 0 Å². The average Bonchev–Trinajstić information content (AvgIpc) is 1.00. The van der Waals surface area contributed by atoms with Crippen molar-refractivity contribution in [3.8, 4) is 0 Å². The third kappa shape index (κ3) is 127. The molecule has 0 unspecified atom stereocenters. The van der Waals surface area contributed by atoms with Crippen LogP contribution in [0.2, 0.25) is 0 Å². The van der Waals surface area contributed by atoms with Crippen LogP contribution in [0.15, 0.2) is 0 Å². The summed E-state index contributed by atoms with van der Waals surface area (Å²) in [4.78, 5) is 8.00. The third-order valence-electron chi connectivity index (χ3n) is 0.